The van der Waals surface area contributed by atoms with Crippen molar-refractivity contribution in [3.05, 3.63) is 59.9 Å². The Hall–Kier alpha value is -2.25. The van der Waals surface area contributed by atoms with Crippen molar-refractivity contribution < 1.29 is 17.6 Å². The van der Waals surface area contributed by atoms with Crippen molar-refractivity contribution in [1.29, 1.82) is 0 Å². The summed E-state index contributed by atoms with van der Waals surface area (Å²) in [4.78, 5) is 12.3. The molecule has 1 heterocycles. The molecule has 1 aliphatic rings. The predicted molar refractivity (Wildman–Crippen MR) is 97.8 cm³/mol. The minimum absolute atomic E-state index is 0.115. The van der Waals surface area contributed by atoms with Crippen molar-refractivity contribution >= 4 is 21.6 Å². The number of carbonyl (C=O) groups excluding carboxylic acids is 1. The molecular weight excluding hydrogens is 355 g/mol. The molecule has 5 nitrogen and oxygen atoms in total. The Bertz CT molecular complexity index is 893. The summed E-state index contributed by atoms with van der Waals surface area (Å²) in [7, 11) is -3.53. The van der Waals surface area contributed by atoms with Crippen LogP contribution in [0.4, 0.5) is 10.1 Å². The van der Waals surface area contributed by atoms with Gasteiger partial charge in [-0.3, -0.25) is 4.79 Å². The highest BCUT2D eigenvalue weighted by atomic mass is 32.2. The van der Waals surface area contributed by atoms with Gasteiger partial charge in [-0.15, -0.1) is 0 Å². The van der Waals surface area contributed by atoms with Gasteiger partial charge in [-0.2, -0.15) is 4.31 Å². The monoisotopic (exact) mass is 376 g/mol. The van der Waals surface area contributed by atoms with Crippen LogP contribution in [-0.2, 0) is 21.2 Å². The minimum Gasteiger partial charge on any atom is -0.326 e. The number of benzene rings is 2. The number of aryl methyl sites for hydroxylation is 1. The van der Waals surface area contributed by atoms with Crippen molar-refractivity contribution in [2.45, 2.75) is 30.6 Å². The SMILES string of the molecule is O=C(CCc1ccccc1F)Nc1cccc(S(=O)(=O)N2CCCC2)c1. The average Bonchev–Trinajstić information content (AvgIpc) is 3.17. The lowest BCUT2D eigenvalue weighted by Crippen LogP contribution is -2.27. The number of hydrogen-bond donors (Lipinski definition) is 1. The van der Waals surface area contributed by atoms with Crippen LogP contribution in [0.15, 0.2) is 53.4 Å². The number of anilines is 1. The fraction of sp³-hybridized carbons (Fsp3) is 0.316. The van der Waals surface area contributed by atoms with Crippen molar-refractivity contribution in [3.8, 4) is 0 Å². The van der Waals surface area contributed by atoms with Gasteiger partial charge >= 0.3 is 0 Å². The van der Waals surface area contributed by atoms with Gasteiger partial charge in [0, 0.05) is 25.2 Å². The number of hydrogen-bond acceptors (Lipinski definition) is 3. The Morgan fingerprint density at radius 1 is 1.08 bits per heavy atom. The summed E-state index contributed by atoms with van der Waals surface area (Å²) in [6, 6.07) is 12.6. The molecule has 1 amide bonds. The van der Waals surface area contributed by atoms with E-state index in [1.165, 1.54) is 22.5 Å². The molecule has 0 radical (unpaired) electrons. The van der Waals surface area contributed by atoms with Gasteiger partial charge in [0.1, 0.15) is 5.82 Å². The van der Waals surface area contributed by atoms with Crippen LogP contribution in [0.3, 0.4) is 0 Å². The number of sulfonamides is 1. The Morgan fingerprint density at radius 3 is 2.54 bits per heavy atom. The molecule has 0 spiro atoms. The van der Waals surface area contributed by atoms with E-state index >= 15 is 0 Å². The Labute approximate surface area is 152 Å². The number of halogens is 1. The van der Waals surface area contributed by atoms with Gasteiger partial charge in [-0.05, 0) is 49.1 Å². The van der Waals surface area contributed by atoms with Crippen molar-refractivity contribution in [3.63, 3.8) is 0 Å². The van der Waals surface area contributed by atoms with Crippen molar-refractivity contribution in [2.75, 3.05) is 18.4 Å². The van der Waals surface area contributed by atoms with E-state index in [9.17, 15) is 17.6 Å². The zero-order valence-electron chi connectivity index (χ0n) is 14.3. The van der Waals surface area contributed by atoms with E-state index in [4.69, 9.17) is 0 Å². The highest BCUT2D eigenvalue weighted by Gasteiger charge is 2.27. The molecular formula is C19H21FN2O3S. The van der Waals surface area contributed by atoms with E-state index in [1.54, 1.807) is 30.3 Å². The number of amides is 1. The first-order valence-corrected chi connectivity index (χ1v) is 10.0. The molecule has 0 aliphatic carbocycles. The topological polar surface area (TPSA) is 66.5 Å². The maximum atomic E-state index is 13.6. The molecule has 138 valence electrons. The normalized spacial score (nSPS) is 15.1. The predicted octanol–water partition coefficient (Wildman–Crippen LogP) is 3.18. The molecule has 0 bridgehead atoms. The van der Waals surface area contributed by atoms with Crippen LogP contribution in [0.1, 0.15) is 24.8 Å². The number of nitrogens with one attached hydrogen (secondary N) is 1. The molecule has 7 heteroatoms. The van der Waals surface area contributed by atoms with Gasteiger partial charge in [0.05, 0.1) is 4.90 Å². The zero-order chi connectivity index (χ0) is 18.6. The number of rotatable bonds is 6. The largest absolute Gasteiger partial charge is 0.326 e. The molecule has 0 aromatic heterocycles. The first kappa shape index (κ1) is 18.5. The van der Waals surface area contributed by atoms with Crippen LogP contribution in [0.5, 0.6) is 0 Å². The van der Waals surface area contributed by atoms with Gasteiger partial charge in [0.2, 0.25) is 15.9 Å². The summed E-state index contributed by atoms with van der Waals surface area (Å²) in [5.74, 6) is -0.622. The second kappa shape index (κ2) is 7.97. The maximum absolute atomic E-state index is 13.6. The fourth-order valence-corrected chi connectivity index (χ4v) is 4.55. The molecule has 1 aliphatic heterocycles. The van der Waals surface area contributed by atoms with Gasteiger partial charge in [-0.25, -0.2) is 12.8 Å². The molecule has 2 aromatic carbocycles. The first-order chi connectivity index (χ1) is 12.5. The lowest BCUT2D eigenvalue weighted by molar-refractivity contribution is -0.116. The summed E-state index contributed by atoms with van der Waals surface area (Å²) >= 11 is 0. The Balaban J connectivity index is 1.65. The van der Waals surface area contributed by atoms with E-state index in [0.29, 0.717) is 24.3 Å². The van der Waals surface area contributed by atoms with Crippen molar-refractivity contribution in [1.82, 2.24) is 4.31 Å². The molecule has 26 heavy (non-hydrogen) atoms. The molecule has 2 aromatic rings. The zero-order valence-corrected chi connectivity index (χ0v) is 15.1. The summed E-state index contributed by atoms with van der Waals surface area (Å²) in [6.07, 6.45) is 2.13. The van der Waals surface area contributed by atoms with E-state index in [0.717, 1.165) is 12.8 Å². The Kier molecular flexibility index (Phi) is 5.68. The highest BCUT2D eigenvalue weighted by molar-refractivity contribution is 7.89. The van der Waals surface area contributed by atoms with Crippen LogP contribution in [0.2, 0.25) is 0 Å². The molecule has 1 fully saturated rings. The van der Waals surface area contributed by atoms with Gasteiger partial charge in [0.25, 0.3) is 0 Å². The minimum atomic E-state index is -3.53. The summed E-state index contributed by atoms with van der Waals surface area (Å²) in [5.41, 5.74) is 0.900. The lowest BCUT2D eigenvalue weighted by Gasteiger charge is -2.16. The van der Waals surface area contributed by atoms with Gasteiger partial charge < -0.3 is 5.32 Å². The highest BCUT2D eigenvalue weighted by Crippen LogP contribution is 2.23. The van der Waals surface area contributed by atoms with Gasteiger partial charge in [-0.1, -0.05) is 24.3 Å². The summed E-state index contributed by atoms with van der Waals surface area (Å²) in [6.45, 7) is 1.06. The van der Waals surface area contributed by atoms with Crippen LogP contribution in [-0.4, -0.2) is 31.7 Å². The smallest absolute Gasteiger partial charge is 0.243 e. The van der Waals surface area contributed by atoms with E-state index in [2.05, 4.69) is 5.32 Å². The summed E-state index contributed by atoms with van der Waals surface area (Å²) in [5, 5.41) is 2.69. The second-order valence-corrected chi connectivity index (χ2v) is 8.22. The van der Waals surface area contributed by atoms with Crippen LogP contribution in [0, 0.1) is 5.82 Å². The lowest BCUT2D eigenvalue weighted by atomic mass is 10.1. The molecule has 3 rings (SSSR count). The third-order valence-corrected chi connectivity index (χ3v) is 6.29. The number of carbonyl (C=O) groups is 1. The third kappa shape index (κ3) is 4.28. The first-order valence-electron chi connectivity index (χ1n) is 8.60. The maximum Gasteiger partial charge on any atom is 0.243 e. The van der Waals surface area contributed by atoms with Crippen LogP contribution < -0.4 is 5.32 Å². The molecule has 0 unspecified atom stereocenters. The van der Waals surface area contributed by atoms with Crippen LogP contribution in [0.25, 0.3) is 0 Å². The van der Waals surface area contributed by atoms with E-state index in [-0.39, 0.29) is 29.5 Å². The average molecular weight is 376 g/mol. The summed E-state index contributed by atoms with van der Waals surface area (Å²) < 4.78 is 40.2. The molecule has 0 saturated carbocycles. The van der Waals surface area contributed by atoms with E-state index < -0.39 is 10.0 Å². The van der Waals surface area contributed by atoms with E-state index in [1.807, 2.05) is 0 Å². The van der Waals surface area contributed by atoms with Crippen molar-refractivity contribution in [2.24, 2.45) is 0 Å². The van der Waals surface area contributed by atoms with Crippen LogP contribution >= 0.6 is 0 Å². The molecule has 1 N–H and O–H groups in total. The Morgan fingerprint density at radius 2 is 1.81 bits per heavy atom. The number of nitrogens with zero attached hydrogens (tertiary/aromatic N) is 1. The van der Waals surface area contributed by atoms with Gasteiger partial charge in [0.15, 0.2) is 0 Å². The third-order valence-electron chi connectivity index (χ3n) is 4.40. The quantitative estimate of drug-likeness (QED) is 0.842. The fourth-order valence-electron chi connectivity index (χ4n) is 2.98. The molecule has 1 saturated heterocycles. The molecule has 0 atom stereocenters. The second-order valence-electron chi connectivity index (χ2n) is 6.28. The standard InChI is InChI=1S/C19H21FN2O3S/c20-18-9-2-1-6-15(18)10-11-19(23)21-16-7-5-8-17(14-16)26(24,25)22-12-3-4-13-22/h1-2,5-9,14H,3-4,10-13H2,(H,21,23).